The Morgan fingerprint density at radius 3 is 2.67 bits per heavy atom. The predicted octanol–water partition coefficient (Wildman–Crippen LogP) is 4.73. The van der Waals surface area contributed by atoms with Crippen molar-refractivity contribution in [2.75, 3.05) is 0 Å². The first-order valence-electron chi connectivity index (χ1n) is 8.45. The number of hydrogen-bond acceptors (Lipinski definition) is 4. The standard InChI is InChI=1S/C21H24N4OS/c1-7-17(13-22-14(2)3)18-9-8-15(4)20(12-18)27-16(5)23-21(26)19-10-11-25(6)24-19/h7-13H,2,5H2,1,3-4,6H3,(H,23,26)/b17-7+,22-13?. The molecular weight excluding hydrogens is 356 g/mol. The lowest BCUT2D eigenvalue weighted by Crippen LogP contribution is -2.21. The fraction of sp³-hybridized carbons (Fsp3) is 0.190. The van der Waals surface area contributed by atoms with Gasteiger partial charge in [-0.2, -0.15) is 5.10 Å². The summed E-state index contributed by atoms with van der Waals surface area (Å²) in [6.07, 6.45) is 5.53. The third kappa shape index (κ3) is 5.82. The van der Waals surface area contributed by atoms with E-state index in [9.17, 15) is 4.79 Å². The van der Waals surface area contributed by atoms with Crippen LogP contribution in [0, 0.1) is 6.92 Å². The zero-order valence-electron chi connectivity index (χ0n) is 16.1. The molecule has 2 aromatic rings. The number of rotatable bonds is 7. The van der Waals surface area contributed by atoms with E-state index < -0.39 is 0 Å². The minimum Gasteiger partial charge on any atom is -0.315 e. The predicted molar refractivity (Wildman–Crippen MR) is 114 cm³/mol. The molecule has 0 radical (unpaired) electrons. The summed E-state index contributed by atoms with van der Waals surface area (Å²) in [5, 5.41) is 7.43. The van der Waals surface area contributed by atoms with Crippen molar-refractivity contribution in [2.45, 2.75) is 25.7 Å². The second kappa shape index (κ2) is 9.19. The lowest BCUT2D eigenvalue weighted by molar-refractivity contribution is 0.0963. The van der Waals surface area contributed by atoms with Crippen LogP contribution >= 0.6 is 11.8 Å². The molecule has 140 valence electrons. The van der Waals surface area contributed by atoms with Crippen molar-refractivity contribution in [1.82, 2.24) is 15.1 Å². The van der Waals surface area contributed by atoms with Gasteiger partial charge in [0.1, 0.15) is 0 Å². The van der Waals surface area contributed by atoms with E-state index >= 15 is 0 Å². The monoisotopic (exact) mass is 380 g/mol. The first-order chi connectivity index (χ1) is 12.8. The normalized spacial score (nSPS) is 11.6. The second-order valence-corrected chi connectivity index (χ2v) is 7.21. The van der Waals surface area contributed by atoms with E-state index in [-0.39, 0.29) is 5.91 Å². The number of aliphatic imine (C=N–C) groups is 1. The lowest BCUT2D eigenvalue weighted by Gasteiger charge is -2.11. The Kier molecular flexibility index (Phi) is 6.96. The van der Waals surface area contributed by atoms with E-state index in [0.29, 0.717) is 10.7 Å². The largest absolute Gasteiger partial charge is 0.315 e. The summed E-state index contributed by atoms with van der Waals surface area (Å²) in [6, 6.07) is 7.83. The van der Waals surface area contributed by atoms with Gasteiger partial charge < -0.3 is 5.32 Å². The highest BCUT2D eigenvalue weighted by molar-refractivity contribution is 8.03. The van der Waals surface area contributed by atoms with E-state index in [0.717, 1.165) is 27.3 Å². The number of hydrogen-bond donors (Lipinski definition) is 1. The Labute approximate surface area is 164 Å². The topological polar surface area (TPSA) is 59.3 Å². The molecule has 0 aliphatic heterocycles. The second-order valence-electron chi connectivity index (χ2n) is 6.07. The smallest absolute Gasteiger partial charge is 0.276 e. The minimum absolute atomic E-state index is 0.273. The van der Waals surface area contributed by atoms with Crippen molar-refractivity contribution in [1.29, 1.82) is 0 Å². The fourth-order valence-corrected chi connectivity index (χ4v) is 3.09. The van der Waals surface area contributed by atoms with Crippen LogP contribution in [0.25, 0.3) is 5.57 Å². The van der Waals surface area contributed by atoms with Crippen LogP contribution < -0.4 is 5.32 Å². The van der Waals surface area contributed by atoms with Gasteiger partial charge in [-0.25, -0.2) is 0 Å². The number of carbonyl (C=O) groups is 1. The zero-order valence-corrected chi connectivity index (χ0v) is 16.9. The van der Waals surface area contributed by atoms with Crippen molar-refractivity contribution in [2.24, 2.45) is 12.0 Å². The average molecular weight is 381 g/mol. The first kappa shape index (κ1) is 20.5. The van der Waals surface area contributed by atoms with Gasteiger partial charge in [0.25, 0.3) is 5.91 Å². The number of nitrogens with one attached hydrogen (secondary N) is 1. The Morgan fingerprint density at radius 1 is 1.33 bits per heavy atom. The maximum atomic E-state index is 12.2. The van der Waals surface area contributed by atoms with Crippen LogP contribution in [-0.2, 0) is 7.05 Å². The third-order valence-corrected chi connectivity index (χ3v) is 4.70. The SMILES string of the molecule is C=C(C)N=C/C(=C\C)c1ccc(C)c(SC(=C)NC(=O)c2ccn(C)n2)c1. The number of aryl methyl sites for hydroxylation is 2. The lowest BCUT2D eigenvalue weighted by atomic mass is 10.1. The third-order valence-electron chi connectivity index (χ3n) is 3.69. The van der Waals surface area contributed by atoms with Gasteiger partial charge >= 0.3 is 0 Å². The van der Waals surface area contributed by atoms with Crippen LogP contribution in [0.3, 0.4) is 0 Å². The van der Waals surface area contributed by atoms with Gasteiger partial charge in [0.2, 0.25) is 0 Å². The van der Waals surface area contributed by atoms with Crippen LogP contribution in [0.1, 0.15) is 35.5 Å². The number of thioether (sulfide) groups is 1. The number of allylic oxidation sites excluding steroid dienone is 3. The Balaban J connectivity index is 2.14. The van der Waals surface area contributed by atoms with Crippen LogP contribution in [0.15, 0.2) is 70.3 Å². The number of benzene rings is 1. The molecule has 0 spiro atoms. The molecule has 2 rings (SSSR count). The summed E-state index contributed by atoms with van der Waals surface area (Å²) in [4.78, 5) is 17.5. The fourth-order valence-electron chi connectivity index (χ4n) is 2.27. The highest BCUT2D eigenvalue weighted by Gasteiger charge is 2.12. The molecule has 0 unspecified atom stereocenters. The number of aromatic nitrogens is 2. The highest BCUT2D eigenvalue weighted by Crippen LogP contribution is 2.30. The van der Waals surface area contributed by atoms with Gasteiger partial charge in [-0.3, -0.25) is 14.5 Å². The Morgan fingerprint density at radius 2 is 2.07 bits per heavy atom. The van der Waals surface area contributed by atoms with E-state index in [4.69, 9.17) is 0 Å². The van der Waals surface area contributed by atoms with Crippen LogP contribution in [0.5, 0.6) is 0 Å². The maximum Gasteiger partial charge on any atom is 0.276 e. The summed E-state index contributed by atoms with van der Waals surface area (Å²) in [5.41, 5.74) is 4.25. The summed E-state index contributed by atoms with van der Waals surface area (Å²) >= 11 is 1.42. The van der Waals surface area contributed by atoms with Crippen molar-refractivity contribution in [3.8, 4) is 0 Å². The summed E-state index contributed by atoms with van der Waals surface area (Å²) in [7, 11) is 1.77. The van der Waals surface area contributed by atoms with Crippen molar-refractivity contribution in [3.63, 3.8) is 0 Å². The van der Waals surface area contributed by atoms with E-state index in [1.54, 1.807) is 30.2 Å². The molecule has 27 heavy (non-hydrogen) atoms. The molecule has 1 amide bonds. The van der Waals surface area contributed by atoms with Crippen LogP contribution in [0.4, 0.5) is 0 Å². The Hall–Kier alpha value is -2.86. The zero-order chi connectivity index (χ0) is 20.0. The van der Waals surface area contributed by atoms with Crippen LogP contribution in [0.2, 0.25) is 0 Å². The molecule has 0 aliphatic rings. The molecule has 0 aliphatic carbocycles. The van der Waals surface area contributed by atoms with Gasteiger partial charge in [0.05, 0.1) is 5.03 Å². The maximum absolute atomic E-state index is 12.2. The summed E-state index contributed by atoms with van der Waals surface area (Å²) in [6.45, 7) is 13.6. The molecule has 0 atom stereocenters. The molecule has 0 fully saturated rings. The van der Waals surface area contributed by atoms with Gasteiger partial charge in [-0.1, -0.05) is 43.1 Å². The van der Waals surface area contributed by atoms with Crippen LogP contribution in [-0.4, -0.2) is 21.9 Å². The molecule has 0 saturated carbocycles. The van der Waals surface area contributed by atoms with Gasteiger partial charge in [-0.05, 0) is 49.6 Å². The van der Waals surface area contributed by atoms with Crippen molar-refractivity contribution >= 4 is 29.5 Å². The van der Waals surface area contributed by atoms with E-state index in [1.807, 2.05) is 32.9 Å². The molecule has 1 heterocycles. The van der Waals surface area contributed by atoms with E-state index in [2.05, 4.69) is 40.7 Å². The van der Waals surface area contributed by atoms with Crippen molar-refractivity contribution < 1.29 is 4.79 Å². The molecule has 1 aromatic heterocycles. The van der Waals surface area contributed by atoms with Gasteiger partial charge in [0.15, 0.2) is 5.69 Å². The summed E-state index contributed by atoms with van der Waals surface area (Å²) < 4.78 is 1.59. The number of nitrogens with zero attached hydrogens (tertiary/aromatic N) is 3. The van der Waals surface area contributed by atoms with Gasteiger partial charge in [-0.15, -0.1) is 0 Å². The molecular formula is C21H24N4OS. The number of carbonyl (C=O) groups excluding carboxylic acids is 1. The molecule has 1 aromatic carbocycles. The molecule has 6 heteroatoms. The van der Waals surface area contributed by atoms with E-state index in [1.165, 1.54) is 11.8 Å². The first-order valence-corrected chi connectivity index (χ1v) is 9.26. The summed E-state index contributed by atoms with van der Waals surface area (Å²) in [5.74, 6) is -0.273. The number of amides is 1. The molecule has 0 bridgehead atoms. The highest BCUT2D eigenvalue weighted by atomic mass is 32.2. The molecule has 5 nitrogen and oxygen atoms in total. The average Bonchev–Trinajstić information content (AvgIpc) is 3.04. The molecule has 1 N–H and O–H groups in total. The molecule has 0 saturated heterocycles. The van der Waals surface area contributed by atoms with Crippen molar-refractivity contribution in [3.05, 3.63) is 77.2 Å². The quantitative estimate of drug-likeness (QED) is 0.558. The Bertz CT molecular complexity index is 937. The minimum atomic E-state index is -0.273. The van der Waals surface area contributed by atoms with Gasteiger partial charge in [0, 0.05) is 30.1 Å².